The molecule has 2 unspecified atom stereocenters. The van der Waals surface area contributed by atoms with Crippen LogP contribution in [0.1, 0.15) is 32.3 Å². The molecular formula is C22H33FN4O3. The van der Waals surface area contributed by atoms with E-state index >= 15 is 0 Å². The number of hydrogen-bond acceptors (Lipinski definition) is 4. The molecule has 0 spiro atoms. The molecular weight excluding hydrogens is 387 g/mol. The summed E-state index contributed by atoms with van der Waals surface area (Å²) in [5.74, 6) is 0.226. The fraction of sp³-hybridized carbons (Fsp3) is 0.636. The number of nitrogens with zero attached hydrogens (tertiary/aromatic N) is 2. The van der Waals surface area contributed by atoms with Gasteiger partial charge in [-0.15, -0.1) is 0 Å². The van der Waals surface area contributed by atoms with Gasteiger partial charge in [0.1, 0.15) is 5.82 Å². The zero-order chi connectivity index (χ0) is 21.5. The van der Waals surface area contributed by atoms with Gasteiger partial charge in [0.2, 0.25) is 5.91 Å². The van der Waals surface area contributed by atoms with Gasteiger partial charge in [0, 0.05) is 39.3 Å². The van der Waals surface area contributed by atoms with Crippen LogP contribution >= 0.6 is 0 Å². The van der Waals surface area contributed by atoms with Crippen molar-refractivity contribution in [1.29, 1.82) is 0 Å². The van der Waals surface area contributed by atoms with Crippen molar-refractivity contribution in [2.45, 2.75) is 45.4 Å². The fourth-order valence-electron chi connectivity index (χ4n) is 4.28. The fourth-order valence-corrected chi connectivity index (χ4v) is 4.28. The molecule has 2 aliphatic rings. The highest BCUT2D eigenvalue weighted by Crippen LogP contribution is 2.21. The summed E-state index contributed by atoms with van der Waals surface area (Å²) in [5.41, 5.74) is 0.795. The maximum absolute atomic E-state index is 12.9. The second-order valence-corrected chi connectivity index (χ2v) is 8.46. The van der Waals surface area contributed by atoms with E-state index in [-0.39, 0.29) is 37.0 Å². The Kier molecular flexibility index (Phi) is 8.04. The summed E-state index contributed by atoms with van der Waals surface area (Å²) in [6, 6.07) is 5.52. The second-order valence-electron chi connectivity index (χ2n) is 8.46. The Morgan fingerprint density at radius 1 is 1.07 bits per heavy atom. The number of hydrogen-bond donors (Lipinski definition) is 2. The number of rotatable bonds is 6. The number of nitrogens with one attached hydrogen (secondary N) is 2. The van der Waals surface area contributed by atoms with Crippen LogP contribution in [0.15, 0.2) is 24.3 Å². The summed E-state index contributed by atoms with van der Waals surface area (Å²) in [4.78, 5) is 28.6. The molecule has 3 rings (SSSR count). The highest BCUT2D eigenvalue weighted by molar-refractivity contribution is 5.84. The van der Waals surface area contributed by atoms with Gasteiger partial charge in [-0.3, -0.25) is 9.69 Å². The number of carbonyl (C=O) groups excluding carboxylic acids is 2. The van der Waals surface area contributed by atoms with E-state index in [2.05, 4.69) is 29.4 Å². The molecule has 2 heterocycles. The Morgan fingerprint density at radius 2 is 1.70 bits per heavy atom. The minimum Gasteiger partial charge on any atom is -0.373 e. The minimum atomic E-state index is -0.405. The third-order valence-corrected chi connectivity index (χ3v) is 5.75. The van der Waals surface area contributed by atoms with E-state index in [1.54, 1.807) is 12.1 Å². The number of ether oxygens (including phenoxy) is 1. The van der Waals surface area contributed by atoms with Crippen molar-refractivity contribution >= 4 is 11.9 Å². The molecule has 0 bridgehead atoms. The monoisotopic (exact) mass is 420 g/mol. The van der Waals surface area contributed by atoms with Gasteiger partial charge in [0.05, 0.1) is 18.8 Å². The molecule has 2 atom stereocenters. The van der Waals surface area contributed by atoms with E-state index < -0.39 is 6.03 Å². The lowest BCUT2D eigenvalue weighted by Gasteiger charge is -2.39. The molecule has 0 radical (unpaired) electrons. The predicted molar refractivity (Wildman–Crippen MR) is 112 cm³/mol. The van der Waals surface area contributed by atoms with E-state index in [1.807, 2.05) is 4.90 Å². The van der Waals surface area contributed by atoms with Crippen LogP contribution in [0, 0.1) is 11.7 Å². The van der Waals surface area contributed by atoms with Crippen molar-refractivity contribution in [1.82, 2.24) is 20.4 Å². The molecule has 7 nitrogen and oxygen atoms in total. The third-order valence-electron chi connectivity index (χ3n) is 5.75. The molecule has 2 saturated heterocycles. The molecule has 30 heavy (non-hydrogen) atoms. The molecule has 2 N–H and O–H groups in total. The largest absolute Gasteiger partial charge is 0.373 e. The average Bonchev–Trinajstić information content (AvgIpc) is 2.71. The van der Waals surface area contributed by atoms with Gasteiger partial charge in [-0.2, -0.15) is 0 Å². The van der Waals surface area contributed by atoms with E-state index in [9.17, 15) is 14.0 Å². The molecule has 1 aromatic rings. The normalized spacial score (nSPS) is 23.2. The number of urea groups is 1. The van der Waals surface area contributed by atoms with Crippen molar-refractivity contribution in [2.75, 3.05) is 39.3 Å². The minimum absolute atomic E-state index is 0.0155. The van der Waals surface area contributed by atoms with Crippen molar-refractivity contribution in [3.8, 4) is 0 Å². The van der Waals surface area contributed by atoms with Crippen molar-refractivity contribution in [3.05, 3.63) is 35.6 Å². The molecule has 2 aliphatic heterocycles. The highest BCUT2D eigenvalue weighted by Gasteiger charge is 2.27. The van der Waals surface area contributed by atoms with Crippen LogP contribution in [-0.4, -0.2) is 73.2 Å². The molecule has 0 aliphatic carbocycles. The number of carbonyl (C=O) groups is 2. The summed E-state index contributed by atoms with van der Waals surface area (Å²) >= 11 is 0. The maximum Gasteiger partial charge on any atom is 0.315 e. The van der Waals surface area contributed by atoms with Crippen LogP contribution in [0.25, 0.3) is 0 Å². The lowest BCUT2D eigenvalue weighted by atomic mass is 9.95. The molecule has 2 fully saturated rings. The first kappa shape index (κ1) is 22.5. The van der Waals surface area contributed by atoms with Gasteiger partial charge in [-0.25, -0.2) is 9.18 Å². The predicted octanol–water partition coefficient (Wildman–Crippen LogP) is 1.97. The van der Waals surface area contributed by atoms with Crippen LogP contribution in [0.2, 0.25) is 0 Å². The van der Waals surface area contributed by atoms with E-state index in [0.29, 0.717) is 5.92 Å². The van der Waals surface area contributed by atoms with Gasteiger partial charge in [0.25, 0.3) is 0 Å². The Bertz CT molecular complexity index is 697. The Morgan fingerprint density at radius 3 is 2.33 bits per heavy atom. The smallest absolute Gasteiger partial charge is 0.315 e. The first-order valence-electron chi connectivity index (χ1n) is 10.8. The van der Waals surface area contributed by atoms with E-state index in [1.165, 1.54) is 12.1 Å². The Hall–Kier alpha value is -2.19. The number of piperidine rings is 1. The quantitative estimate of drug-likeness (QED) is 0.738. The third kappa shape index (κ3) is 6.95. The summed E-state index contributed by atoms with van der Waals surface area (Å²) < 4.78 is 18.7. The molecule has 3 amide bonds. The lowest BCUT2D eigenvalue weighted by Crippen LogP contribution is -2.50. The van der Waals surface area contributed by atoms with Gasteiger partial charge in [-0.1, -0.05) is 12.1 Å². The number of amides is 3. The summed E-state index contributed by atoms with van der Waals surface area (Å²) in [7, 11) is 0. The van der Waals surface area contributed by atoms with Gasteiger partial charge >= 0.3 is 6.03 Å². The maximum atomic E-state index is 12.9. The number of halogens is 1. The number of likely N-dealkylation sites (tertiary alicyclic amines) is 1. The Labute approximate surface area is 177 Å². The Balaban J connectivity index is 1.32. The summed E-state index contributed by atoms with van der Waals surface area (Å²) in [6.07, 6.45) is 2.53. The lowest BCUT2D eigenvalue weighted by molar-refractivity contribution is -0.131. The molecule has 0 aromatic heterocycles. The zero-order valence-corrected chi connectivity index (χ0v) is 17.9. The van der Waals surface area contributed by atoms with Gasteiger partial charge in [0.15, 0.2) is 0 Å². The van der Waals surface area contributed by atoms with Crippen molar-refractivity contribution in [3.63, 3.8) is 0 Å². The number of morpholine rings is 1. The first-order chi connectivity index (χ1) is 14.4. The molecule has 0 saturated carbocycles. The molecule has 1 aromatic carbocycles. The first-order valence-corrected chi connectivity index (χ1v) is 10.8. The SMILES string of the molecule is CC1CN(CC2CCN(C(=O)CNC(=O)NCc3ccc(F)cc3)CC2)CC(C)O1. The number of benzene rings is 1. The van der Waals surface area contributed by atoms with Gasteiger partial charge in [-0.05, 0) is 50.3 Å². The molecule has 166 valence electrons. The van der Waals surface area contributed by atoms with Crippen LogP contribution in [0.3, 0.4) is 0 Å². The second kappa shape index (κ2) is 10.7. The highest BCUT2D eigenvalue weighted by atomic mass is 19.1. The van der Waals surface area contributed by atoms with Crippen LogP contribution in [0.4, 0.5) is 9.18 Å². The molecule has 8 heteroatoms. The van der Waals surface area contributed by atoms with Crippen LogP contribution in [-0.2, 0) is 16.1 Å². The topological polar surface area (TPSA) is 73.9 Å². The van der Waals surface area contributed by atoms with Crippen LogP contribution in [0.5, 0.6) is 0 Å². The standard InChI is InChI=1S/C22H33FN4O3/c1-16-13-26(14-17(2)30-16)15-19-7-9-27(10-8-19)21(28)12-25-22(29)24-11-18-3-5-20(23)6-4-18/h3-6,16-17,19H,7-15H2,1-2H3,(H2,24,25,29). The van der Waals surface area contributed by atoms with E-state index in [0.717, 1.165) is 51.1 Å². The summed E-state index contributed by atoms with van der Waals surface area (Å²) in [5, 5.41) is 5.29. The van der Waals surface area contributed by atoms with Crippen molar-refractivity contribution in [2.24, 2.45) is 5.92 Å². The summed E-state index contributed by atoms with van der Waals surface area (Å²) in [6.45, 7) is 8.98. The average molecular weight is 421 g/mol. The van der Waals surface area contributed by atoms with Crippen molar-refractivity contribution < 1.29 is 18.7 Å². The van der Waals surface area contributed by atoms with Gasteiger partial charge < -0.3 is 20.3 Å². The van der Waals surface area contributed by atoms with Crippen LogP contribution < -0.4 is 10.6 Å². The zero-order valence-electron chi connectivity index (χ0n) is 17.9. The van der Waals surface area contributed by atoms with E-state index in [4.69, 9.17) is 4.74 Å².